The van der Waals surface area contributed by atoms with Crippen LogP contribution in [0.5, 0.6) is 0 Å². The zero-order valence-corrected chi connectivity index (χ0v) is 25.1. The maximum Gasteiger partial charge on any atom is 0.256 e. The van der Waals surface area contributed by atoms with Crippen LogP contribution in [-0.4, -0.2) is 71.1 Å². The van der Waals surface area contributed by atoms with E-state index in [-0.39, 0.29) is 49.7 Å². The summed E-state index contributed by atoms with van der Waals surface area (Å²) in [6, 6.07) is 14.6. The first-order valence-corrected chi connectivity index (χ1v) is 13.0. The van der Waals surface area contributed by atoms with Crippen molar-refractivity contribution in [3.05, 3.63) is 77.9 Å². The van der Waals surface area contributed by atoms with Gasteiger partial charge in [0.25, 0.3) is 5.91 Å². The van der Waals surface area contributed by atoms with Crippen LogP contribution in [0, 0.1) is 6.92 Å². The Morgan fingerprint density at radius 3 is 2.23 bits per heavy atom. The topological polar surface area (TPSA) is 93.7 Å². The third-order valence-electron chi connectivity index (χ3n) is 6.71. The fraction of sp³-hybridized carbons (Fsp3) is 0.379. The van der Waals surface area contributed by atoms with Crippen molar-refractivity contribution in [1.29, 1.82) is 0 Å². The minimum atomic E-state index is -0.132. The van der Waals surface area contributed by atoms with Crippen molar-refractivity contribution < 1.29 is 9.59 Å². The third kappa shape index (κ3) is 8.63. The molecule has 0 unspecified atom stereocenters. The molecular formula is C29H39Cl2N7O2. The van der Waals surface area contributed by atoms with Crippen LogP contribution in [0.4, 0.5) is 5.69 Å². The summed E-state index contributed by atoms with van der Waals surface area (Å²) < 4.78 is 0. The summed E-state index contributed by atoms with van der Waals surface area (Å²) in [5.74, 6) is -0.215. The SMILES string of the molecule is Cc1ccc(-c2cncnc2)cc1N(CC(=O)NCCNC(C)C)CC(=O)N(C)N1Cc2ccccc2C1.Cl.Cl. The lowest BCUT2D eigenvalue weighted by molar-refractivity contribution is -0.145. The van der Waals surface area contributed by atoms with Crippen molar-refractivity contribution in [2.24, 2.45) is 0 Å². The first-order valence-electron chi connectivity index (χ1n) is 13.0. The van der Waals surface area contributed by atoms with Gasteiger partial charge in [-0.3, -0.25) is 14.6 Å². The Morgan fingerprint density at radius 2 is 1.60 bits per heavy atom. The summed E-state index contributed by atoms with van der Waals surface area (Å²) >= 11 is 0. The van der Waals surface area contributed by atoms with Crippen molar-refractivity contribution in [2.45, 2.75) is 39.9 Å². The van der Waals surface area contributed by atoms with Gasteiger partial charge >= 0.3 is 0 Å². The first-order chi connectivity index (χ1) is 18.3. The molecule has 0 saturated heterocycles. The number of aryl methyl sites for hydroxylation is 1. The highest BCUT2D eigenvalue weighted by atomic mass is 35.5. The standard InChI is InChI=1S/C29H37N7O2.2ClH/c1-21(2)32-11-12-33-28(37)18-35(27-13-23(10-9-22(27)3)26-14-30-20-31-15-26)19-29(38)34(4)36-16-24-7-5-6-8-25(24)17-36;;/h5-10,13-15,20-21,32H,11-12,16-19H2,1-4H3,(H,33,37);2*1H. The number of carbonyl (C=O) groups excluding carboxylic acids is 2. The molecule has 2 heterocycles. The lowest BCUT2D eigenvalue weighted by atomic mass is 10.0. The minimum Gasteiger partial charge on any atom is -0.353 e. The summed E-state index contributed by atoms with van der Waals surface area (Å²) in [5.41, 5.74) is 6.06. The number of likely N-dealkylation sites (N-methyl/N-ethyl adjacent to an activating group) is 1. The maximum absolute atomic E-state index is 13.5. The van der Waals surface area contributed by atoms with Gasteiger partial charge in [-0.25, -0.2) is 15.0 Å². The molecule has 1 aliphatic heterocycles. The molecule has 0 aliphatic carbocycles. The van der Waals surface area contributed by atoms with E-state index in [0.717, 1.165) is 22.4 Å². The van der Waals surface area contributed by atoms with E-state index in [1.165, 1.54) is 17.5 Å². The number of hydrazine groups is 1. The van der Waals surface area contributed by atoms with Gasteiger partial charge in [0, 0.05) is 62.9 Å². The summed E-state index contributed by atoms with van der Waals surface area (Å²) in [5, 5.41) is 9.99. The molecule has 40 heavy (non-hydrogen) atoms. The normalized spacial score (nSPS) is 12.2. The predicted molar refractivity (Wildman–Crippen MR) is 164 cm³/mol. The second-order valence-electron chi connectivity index (χ2n) is 9.95. The molecule has 0 spiro atoms. The van der Waals surface area contributed by atoms with Crippen LogP contribution in [-0.2, 0) is 22.7 Å². The van der Waals surface area contributed by atoms with E-state index in [1.807, 2.05) is 47.2 Å². The number of benzene rings is 2. The summed E-state index contributed by atoms with van der Waals surface area (Å²) in [6.07, 6.45) is 5.00. The van der Waals surface area contributed by atoms with Crippen LogP contribution >= 0.6 is 24.8 Å². The largest absolute Gasteiger partial charge is 0.353 e. The Morgan fingerprint density at radius 1 is 0.950 bits per heavy atom. The molecule has 0 bridgehead atoms. The zero-order chi connectivity index (χ0) is 27.1. The van der Waals surface area contributed by atoms with Crippen molar-refractivity contribution in [2.75, 3.05) is 38.1 Å². The smallest absolute Gasteiger partial charge is 0.256 e. The summed E-state index contributed by atoms with van der Waals surface area (Å²) in [6.45, 7) is 8.83. The number of anilines is 1. The Kier molecular flexibility index (Phi) is 12.8. The third-order valence-corrected chi connectivity index (χ3v) is 6.71. The molecule has 2 N–H and O–H groups in total. The van der Waals surface area contributed by atoms with Crippen molar-refractivity contribution in [1.82, 2.24) is 30.6 Å². The number of halogens is 2. The summed E-state index contributed by atoms with van der Waals surface area (Å²) in [4.78, 5) is 36.6. The van der Waals surface area contributed by atoms with Gasteiger partial charge in [-0.1, -0.05) is 50.2 Å². The van der Waals surface area contributed by atoms with Crippen LogP contribution < -0.4 is 15.5 Å². The second kappa shape index (κ2) is 15.5. The molecule has 1 aromatic heterocycles. The molecule has 1 aliphatic rings. The fourth-order valence-corrected chi connectivity index (χ4v) is 4.55. The maximum atomic E-state index is 13.5. The minimum absolute atomic E-state index is 0. The van der Waals surface area contributed by atoms with Gasteiger partial charge in [0.1, 0.15) is 6.33 Å². The van der Waals surface area contributed by atoms with Crippen molar-refractivity contribution >= 4 is 42.3 Å². The molecular weight excluding hydrogens is 549 g/mol. The predicted octanol–water partition coefficient (Wildman–Crippen LogP) is 3.61. The molecule has 9 nitrogen and oxygen atoms in total. The lowest BCUT2D eigenvalue weighted by Crippen LogP contribution is -2.48. The van der Waals surface area contributed by atoms with E-state index in [4.69, 9.17) is 0 Å². The van der Waals surface area contributed by atoms with Gasteiger partial charge in [0.05, 0.1) is 13.1 Å². The average molecular weight is 589 g/mol. The molecule has 2 aromatic carbocycles. The number of fused-ring (bicyclic) bond motifs is 1. The molecule has 4 rings (SSSR count). The second-order valence-corrected chi connectivity index (χ2v) is 9.95. The Hall–Kier alpha value is -3.24. The van der Waals surface area contributed by atoms with E-state index in [2.05, 4.69) is 46.6 Å². The highest BCUT2D eigenvalue weighted by Crippen LogP contribution is 2.28. The van der Waals surface area contributed by atoms with E-state index in [9.17, 15) is 9.59 Å². The molecule has 0 atom stereocenters. The van der Waals surface area contributed by atoms with E-state index >= 15 is 0 Å². The van der Waals surface area contributed by atoms with Gasteiger partial charge in [-0.05, 0) is 35.2 Å². The molecule has 2 amide bonds. The van der Waals surface area contributed by atoms with Crippen LogP contribution in [0.2, 0.25) is 0 Å². The average Bonchev–Trinajstić information content (AvgIpc) is 3.35. The number of aromatic nitrogens is 2. The van der Waals surface area contributed by atoms with E-state index in [0.29, 0.717) is 32.2 Å². The van der Waals surface area contributed by atoms with Gasteiger partial charge in [0.15, 0.2) is 0 Å². The lowest BCUT2D eigenvalue weighted by Gasteiger charge is -2.32. The fourth-order valence-electron chi connectivity index (χ4n) is 4.55. The number of nitrogens with one attached hydrogen (secondary N) is 2. The molecule has 216 valence electrons. The molecule has 11 heteroatoms. The number of nitrogens with zero attached hydrogens (tertiary/aromatic N) is 5. The monoisotopic (exact) mass is 587 g/mol. The van der Waals surface area contributed by atoms with Crippen molar-refractivity contribution in [3.63, 3.8) is 0 Å². The van der Waals surface area contributed by atoms with E-state index in [1.54, 1.807) is 24.5 Å². The van der Waals surface area contributed by atoms with Gasteiger partial charge in [-0.15, -0.1) is 24.8 Å². The Labute approximate surface area is 249 Å². The van der Waals surface area contributed by atoms with Gasteiger partial charge < -0.3 is 15.5 Å². The number of hydrogen-bond acceptors (Lipinski definition) is 7. The molecule has 3 aromatic rings. The van der Waals surface area contributed by atoms with Crippen LogP contribution in [0.15, 0.2) is 61.2 Å². The first kappa shape index (κ1) is 33.0. The van der Waals surface area contributed by atoms with Crippen LogP contribution in [0.25, 0.3) is 11.1 Å². The van der Waals surface area contributed by atoms with Gasteiger partial charge in [-0.2, -0.15) is 0 Å². The van der Waals surface area contributed by atoms with E-state index < -0.39 is 0 Å². The molecule has 0 fully saturated rings. The molecule has 0 saturated carbocycles. The highest BCUT2D eigenvalue weighted by molar-refractivity contribution is 5.87. The Bertz CT molecular complexity index is 1240. The Balaban J connectivity index is 0.00000280. The number of amides is 2. The highest BCUT2D eigenvalue weighted by Gasteiger charge is 2.27. The number of rotatable bonds is 11. The number of hydrogen-bond donors (Lipinski definition) is 2. The summed E-state index contributed by atoms with van der Waals surface area (Å²) in [7, 11) is 1.80. The molecule has 0 radical (unpaired) electrons. The quantitative estimate of drug-likeness (QED) is 0.331. The van der Waals surface area contributed by atoms with Gasteiger partial charge in [0.2, 0.25) is 5.91 Å². The zero-order valence-electron chi connectivity index (χ0n) is 23.5. The number of carbonyl (C=O) groups is 2. The van der Waals surface area contributed by atoms with Crippen LogP contribution in [0.3, 0.4) is 0 Å². The van der Waals surface area contributed by atoms with Crippen molar-refractivity contribution in [3.8, 4) is 11.1 Å². The van der Waals surface area contributed by atoms with Crippen LogP contribution in [0.1, 0.15) is 30.5 Å².